The first-order valence-corrected chi connectivity index (χ1v) is 7.03. The second-order valence-corrected chi connectivity index (χ2v) is 4.65. The molecule has 0 atom stereocenters. The fraction of sp³-hybridized carbons (Fsp3) is 0.235. The van der Waals surface area contributed by atoms with E-state index >= 15 is 0 Å². The van der Waals surface area contributed by atoms with Crippen LogP contribution in [0.5, 0.6) is 11.5 Å². The van der Waals surface area contributed by atoms with Crippen LogP contribution in [0.1, 0.15) is 10.4 Å². The topological polar surface area (TPSA) is 59.6 Å². The average molecular weight is 300 g/mol. The lowest BCUT2D eigenvalue weighted by Gasteiger charge is -2.10. The molecular weight excluding hydrogens is 280 g/mol. The third kappa shape index (κ3) is 4.41. The maximum atomic E-state index is 12.1. The van der Waals surface area contributed by atoms with Crippen LogP contribution in [0, 0.1) is 0 Å². The van der Waals surface area contributed by atoms with Crippen LogP contribution in [0.15, 0.2) is 48.5 Å². The molecule has 0 saturated carbocycles. The monoisotopic (exact) mass is 300 g/mol. The van der Waals surface area contributed by atoms with Gasteiger partial charge < -0.3 is 20.1 Å². The lowest BCUT2D eigenvalue weighted by atomic mass is 10.2. The predicted molar refractivity (Wildman–Crippen MR) is 86.8 cm³/mol. The Morgan fingerprint density at radius 2 is 1.59 bits per heavy atom. The van der Waals surface area contributed by atoms with Crippen molar-refractivity contribution in [2.45, 2.75) is 0 Å². The highest BCUT2D eigenvalue weighted by atomic mass is 16.5. The van der Waals surface area contributed by atoms with Crippen LogP contribution in [0.2, 0.25) is 0 Å². The molecule has 22 heavy (non-hydrogen) atoms. The number of amides is 1. The molecule has 5 heteroatoms. The summed E-state index contributed by atoms with van der Waals surface area (Å²) in [6.07, 6.45) is 0. The molecule has 2 aromatic carbocycles. The number of carbonyl (C=O) groups excluding carboxylic acids is 1. The maximum absolute atomic E-state index is 12.1. The molecule has 1 amide bonds. The lowest BCUT2D eigenvalue weighted by molar-refractivity contribution is 0.0954. The van der Waals surface area contributed by atoms with E-state index in [-0.39, 0.29) is 5.91 Å². The predicted octanol–water partition coefficient (Wildman–Crippen LogP) is 2.55. The first kappa shape index (κ1) is 15.7. The summed E-state index contributed by atoms with van der Waals surface area (Å²) in [5.41, 5.74) is 1.54. The number of para-hydroxylation sites is 1. The summed E-state index contributed by atoms with van der Waals surface area (Å²) < 4.78 is 10.3. The molecule has 0 heterocycles. The summed E-state index contributed by atoms with van der Waals surface area (Å²) in [5.74, 6) is 1.02. The first-order chi connectivity index (χ1) is 10.7. The fourth-order valence-corrected chi connectivity index (χ4v) is 1.98. The molecule has 0 aliphatic heterocycles. The van der Waals surface area contributed by atoms with E-state index in [2.05, 4.69) is 10.6 Å². The second kappa shape index (κ2) is 7.93. The number of benzene rings is 2. The largest absolute Gasteiger partial charge is 0.497 e. The van der Waals surface area contributed by atoms with Crippen molar-refractivity contribution in [3.05, 3.63) is 54.1 Å². The molecule has 2 rings (SSSR count). The molecular formula is C17H20N2O3. The SMILES string of the molecule is COc1cc(OC)cc(C(=O)NCCNc2ccccc2)c1. The number of anilines is 1. The molecule has 2 aromatic rings. The van der Waals surface area contributed by atoms with Crippen molar-refractivity contribution in [1.29, 1.82) is 0 Å². The Morgan fingerprint density at radius 1 is 0.955 bits per heavy atom. The fourth-order valence-electron chi connectivity index (χ4n) is 1.98. The highest BCUT2D eigenvalue weighted by Gasteiger charge is 2.09. The number of hydrogen-bond acceptors (Lipinski definition) is 4. The summed E-state index contributed by atoms with van der Waals surface area (Å²) >= 11 is 0. The van der Waals surface area contributed by atoms with Crippen LogP contribution in [-0.2, 0) is 0 Å². The number of carbonyl (C=O) groups is 1. The minimum atomic E-state index is -0.160. The molecule has 0 aromatic heterocycles. The van der Waals surface area contributed by atoms with E-state index < -0.39 is 0 Å². The van der Waals surface area contributed by atoms with Crippen molar-refractivity contribution in [3.8, 4) is 11.5 Å². The van der Waals surface area contributed by atoms with Crippen LogP contribution < -0.4 is 20.1 Å². The van der Waals surface area contributed by atoms with E-state index in [0.29, 0.717) is 30.2 Å². The molecule has 0 bridgehead atoms. The summed E-state index contributed by atoms with van der Waals surface area (Å²) in [7, 11) is 3.11. The van der Waals surface area contributed by atoms with Crippen molar-refractivity contribution in [3.63, 3.8) is 0 Å². The zero-order valence-electron chi connectivity index (χ0n) is 12.8. The smallest absolute Gasteiger partial charge is 0.251 e. The van der Waals surface area contributed by atoms with Crippen LogP contribution in [-0.4, -0.2) is 33.2 Å². The molecule has 5 nitrogen and oxygen atoms in total. The summed E-state index contributed by atoms with van der Waals surface area (Å²) in [4.78, 5) is 12.1. The van der Waals surface area contributed by atoms with Gasteiger partial charge in [0.2, 0.25) is 0 Å². The minimum absolute atomic E-state index is 0.160. The van der Waals surface area contributed by atoms with Gasteiger partial charge in [0.05, 0.1) is 14.2 Å². The highest BCUT2D eigenvalue weighted by Crippen LogP contribution is 2.22. The quantitative estimate of drug-likeness (QED) is 0.772. The van der Waals surface area contributed by atoms with Crippen molar-refractivity contribution in [1.82, 2.24) is 5.32 Å². The molecule has 0 saturated heterocycles. The first-order valence-electron chi connectivity index (χ1n) is 7.03. The maximum Gasteiger partial charge on any atom is 0.251 e. The number of methoxy groups -OCH3 is 2. The Morgan fingerprint density at radius 3 is 2.18 bits per heavy atom. The molecule has 0 unspecified atom stereocenters. The van der Waals surface area contributed by atoms with E-state index in [0.717, 1.165) is 5.69 Å². The molecule has 0 aliphatic carbocycles. The van der Waals surface area contributed by atoms with Crippen LogP contribution >= 0.6 is 0 Å². The Kier molecular flexibility index (Phi) is 5.65. The summed E-state index contributed by atoms with van der Waals surface area (Å²) in [5, 5.41) is 6.09. The van der Waals surface area contributed by atoms with Gasteiger partial charge in [0.1, 0.15) is 11.5 Å². The zero-order chi connectivity index (χ0) is 15.8. The Hall–Kier alpha value is -2.69. The highest BCUT2D eigenvalue weighted by molar-refractivity contribution is 5.95. The molecule has 0 spiro atoms. The third-order valence-corrected chi connectivity index (χ3v) is 3.13. The van der Waals surface area contributed by atoms with E-state index in [1.54, 1.807) is 32.4 Å². The van der Waals surface area contributed by atoms with Gasteiger partial charge in [-0.25, -0.2) is 0 Å². The zero-order valence-corrected chi connectivity index (χ0v) is 12.8. The third-order valence-electron chi connectivity index (χ3n) is 3.13. The normalized spacial score (nSPS) is 9.91. The van der Waals surface area contributed by atoms with Gasteiger partial charge in [-0.3, -0.25) is 4.79 Å². The molecule has 2 N–H and O–H groups in total. The summed E-state index contributed by atoms with van der Waals surface area (Å²) in [6.45, 7) is 1.17. The van der Waals surface area contributed by atoms with Gasteiger partial charge in [-0.2, -0.15) is 0 Å². The van der Waals surface area contributed by atoms with Crippen LogP contribution in [0.25, 0.3) is 0 Å². The Labute approximate surface area is 130 Å². The van der Waals surface area contributed by atoms with Gasteiger partial charge in [-0.1, -0.05) is 18.2 Å². The average Bonchev–Trinajstić information content (AvgIpc) is 2.58. The number of ether oxygens (including phenoxy) is 2. The number of hydrogen-bond donors (Lipinski definition) is 2. The van der Waals surface area contributed by atoms with Crippen molar-refractivity contribution >= 4 is 11.6 Å². The van der Waals surface area contributed by atoms with Gasteiger partial charge in [-0.05, 0) is 24.3 Å². The van der Waals surface area contributed by atoms with Gasteiger partial charge in [0, 0.05) is 30.4 Å². The standard InChI is InChI=1S/C17H20N2O3/c1-21-15-10-13(11-16(12-15)22-2)17(20)19-9-8-18-14-6-4-3-5-7-14/h3-7,10-12,18H,8-9H2,1-2H3,(H,19,20). The van der Waals surface area contributed by atoms with E-state index in [1.165, 1.54) is 0 Å². The molecule has 0 fully saturated rings. The van der Waals surface area contributed by atoms with Crippen molar-refractivity contribution in [2.75, 3.05) is 32.6 Å². The van der Waals surface area contributed by atoms with E-state index in [1.807, 2.05) is 30.3 Å². The Balaban J connectivity index is 1.87. The number of rotatable bonds is 7. The van der Waals surface area contributed by atoms with Gasteiger partial charge in [-0.15, -0.1) is 0 Å². The minimum Gasteiger partial charge on any atom is -0.497 e. The summed E-state index contributed by atoms with van der Waals surface area (Å²) in [6, 6.07) is 14.9. The van der Waals surface area contributed by atoms with Gasteiger partial charge in [0.15, 0.2) is 0 Å². The number of nitrogens with one attached hydrogen (secondary N) is 2. The van der Waals surface area contributed by atoms with Crippen molar-refractivity contribution < 1.29 is 14.3 Å². The van der Waals surface area contributed by atoms with Crippen LogP contribution in [0.4, 0.5) is 5.69 Å². The van der Waals surface area contributed by atoms with E-state index in [4.69, 9.17) is 9.47 Å². The van der Waals surface area contributed by atoms with Gasteiger partial charge >= 0.3 is 0 Å². The second-order valence-electron chi connectivity index (χ2n) is 4.65. The molecule has 0 radical (unpaired) electrons. The van der Waals surface area contributed by atoms with E-state index in [9.17, 15) is 4.79 Å². The molecule has 116 valence electrons. The van der Waals surface area contributed by atoms with Crippen LogP contribution in [0.3, 0.4) is 0 Å². The van der Waals surface area contributed by atoms with Crippen molar-refractivity contribution in [2.24, 2.45) is 0 Å². The van der Waals surface area contributed by atoms with Gasteiger partial charge in [0.25, 0.3) is 5.91 Å². The Bertz CT molecular complexity index is 592. The molecule has 0 aliphatic rings. The lowest BCUT2D eigenvalue weighted by Crippen LogP contribution is -2.28.